The first-order chi connectivity index (χ1) is 7.20. The maximum absolute atomic E-state index is 11.8. The Hall–Kier alpha value is -1.10. The van der Waals surface area contributed by atoms with E-state index < -0.39 is 23.5 Å². The third kappa shape index (κ3) is 4.61. The molecule has 16 heavy (non-hydrogen) atoms. The second kappa shape index (κ2) is 5.84. The van der Waals surface area contributed by atoms with Gasteiger partial charge in [-0.2, -0.15) is 5.06 Å². The van der Waals surface area contributed by atoms with Crippen molar-refractivity contribution in [3.8, 4) is 0 Å². The molecule has 0 aromatic carbocycles. The van der Waals surface area contributed by atoms with Crippen LogP contribution in [0.3, 0.4) is 0 Å². The van der Waals surface area contributed by atoms with Crippen LogP contribution >= 0.6 is 0 Å². The number of nitrogens with two attached hydrogens (primary N) is 1. The van der Waals surface area contributed by atoms with E-state index in [9.17, 15) is 9.59 Å². The number of hydrogen-bond acceptors (Lipinski definition) is 4. The van der Waals surface area contributed by atoms with Gasteiger partial charge in [-0.3, -0.25) is 4.79 Å². The molecule has 0 radical (unpaired) electrons. The van der Waals surface area contributed by atoms with Crippen molar-refractivity contribution in [1.82, 2.24) is 5.06 Å². The molecule has 94 valence electrons. The second-order valence-corrected chi connectivity index (χ2v) is 4.81. The van der Waals surface area contributed by atoms with E-state index in [4.69, 9.17) is 10.6 Å². The normalized spacial score (nSPS) is 13.1. The molecule has 1 atom stereocenters. The third-order valence-corrected chi connectivity index (χ3v) is 1.85. The minimum Gasteiger partial charge on any atom is -0.338 e. The van der Waals surface area contributed by atoms with Crippen molar-refractivity contribution in [3.05, 3.63) is 0 Å². The van der Waals surface area contributed by atoms with Crippen LogP contribution in [0.5, 0.6) is 0 Å². The lowest BCUT2D eigenvalue weighted by atomic mass is 10.1. The number of nitrogens with zero attached hydrogens (tertiary/aromatic N) is 1. The fraction of sp³-hybridized carbons (Fsp3) is 0.818. The molecule has 0 bridgehead atoms. The number of carbonyl (C=O) groups excluding carboxylic acids is 2. The van der Waals surface area contributed by atoms with E-state index in [0.29, 0.717) is 12.8 Å². The van der Waals surface area contributed by atoms with Crippen LogP contribution in [0.25, 0.3) is 0 Å². The average molecular weight is 230 g/mol. The predicted octanol–water partition coefficient (Wildman–Crippen LogP) is 1.22. The molecule has 2 N–H and O–H groups in total. The van der Waals surface area contributed by atoms with Crippen molar-refractivity contribution >= 4 is 11.9 Å². The lowest BCUT2D eigenvalue weighted by Crippen LogP contribution is -2.52. The van der Waals surface area contributed by atoms with E-state index in [2.05, 4.69) is 0 Å². The van der Waals surface area contributed by atoms with Crippen molar-refractivity contribution in [2.75, 3.05) is 0 Å². The third-order valence-electron chi connectivity index (χ3n) is 1.85. The van der Waals surface area contributed by atoms with Crippen LogP contribution < -0.4 is 5.73 Å². The molecule has 5 heteroatoms. The Kier molecular flexibility index (Phi) is 5.44. The quantitative estimate of drug-likeness (QED) is 0.740. The van der Waals surface area contributed by atoms with Gasteiger partial charge in [0, 0.05) is 6.42 Å². The Morgan fingerprint density at radius 2 is 1.88 bits per heavy atom. The van der Waals surface area contributed by atoms with Gasteiger partial charge < -0.3 is 10.6 Å². The van der Waals surface area contributed by atoms with Crippen molar-refractivity contribution in [3.63, 3.8) is 0 Å². The Bertz CT molecular complexity index is 256. The molecule has 0 aliphatic rings. The average Bonchev–Trinajstić information content (AvgIpc) is 2.11. The molecule has 1 amide bonds. The zero-order valence-corrected chi connectivity index (χ0v) is 10.7. The van der Waals surface area contributed by atoms with Gasteiger partial charge in [0.25, 0.3) is 5.91 Å². The van der Waals surface area contributed by atoms with Gasteiger partial charge in [-0.25, -0.2) is 4.79 Å². The van der Waals surface area contributed by atoms with Crippen molar-refractivity contribution < 1.29 is 14.4 Å². The first-order valence-electron chi connectivity index (χ1n) is 5.50. The molecule has 5 nitrogen and oxygen atoms in total. The Morgan fingerprint density at radius 3 is 2.19 bits per heavy atom. The summed E-state index contributed by atoms with van der Waals surface area (Å²) in [4.78, 5) is 28.2. The molecular weight excluding hydrogens is 208 g/mol. The molecule has 0 aromatic heterocycles. The van der Waals surface area contributed by atoms with E-state index in [1.165, 1.54) is 0 Å². The molecule has 0 saturated carbocycles. The Balaban J connectivity index is 4.71. The van der Waals surface area contributed by atoms with Crippen LogP contribution in [0.1, 0.15) is 47.5 Å². The van der Waals surface area contributed by atoms with E-state index in [1.54, 1.807) is 27.7 Å². The summed E-state index contributed by atoms with van der Waals surface area (Å²) in [7, 11) is 0. The highest BCUT2D eigenvalue weighted by Crippen LogP contribution is 2.16. The summed E-state index contributed by atoms with van der Waals surface area (Å²) in [6.45, 7) is 8.79. The summed E-state index contributed by atoms with van der Waals surface area (Å²) in [6.07, 6.45) is 0.974. The van der Waals surface area contributed by atoms with Gasteiger partial charge in [0.2, 0.25) is 0 Å². The maximum atomic E-state index is 11.8. The minimum atomic E-state index is -0.686. The topological polar surface area (TPSA) is 72.6 Å². The largest absolute Gasteiger partial charge is 0.338 e. The van der Waals surface area contributed by atoms with Crippen LogP contribution in [0, 0.1) is 0 Å². The van der Waals surface area contributed by atoms with E-state index in [0.717, 1.165) is 5.06 Å². The summed E-state index contributed by atoms with van der Waals surface area (Å²) < 4.78 is 0. The van der Waals surface area contributed by atoms with Crippen molar-refractivity contribution in [2.45, 2.75) is 59.0 Å². The van der Waals surface area contributed by atoms with Gasteiger partial charge in [-0.15, -0.1) is 0 Å². The highest BCUT2D eigenvalue weighted by Gasteiger charge is 2.32. The smallest absolute Gasteiger partial charge is 0.332 e. The lowest BCUT2D eigenvalue weighted by molar-refractivity contribution is -0.217. The fourth-order valence-electron chi connectivity index (χ4n) is 1.05. The molecule has 0 aliphatic heterocycles. The standard InChI is InChI=1S/C11H22N2O3/c1-6-7-9(14)16-13(11(3,4)5)10(15)8(2)12/h8H,6-7,12H2,1-5H3. The van der Waals surface area contributed by atoms with Crippen LogP contribution in [-0.4, -0.2) is 28.5 Å². The molecular formula is C11H22N2O3. The number of rotatable bonds is 3. The molecule has 0 aromatic rings. The predicted molar refractivity (Wildman–Crippen MR) is 61.2 cm³/mol. The summed E-state index contributed by atoms with van der Waals surface area (Å²) in [5, 5.41) is 1.07. The van der Waals surface area contributed by atoms with Crippen LogP contribution in [-0.2, 0) is 14.4 Å². The molecule has 1 unspecified atom stereocenters. The first kappa shape index (κ1) is 14.9. The summed E-state index contributed by atoms with van der Waals surface area (Å²) in [5.74, 6) is -0.802. The van der Waals surface area contributed by atoms with Crippen molar-refractivity contribution in [2.24, 2.45) is 5.73 Å². The first-order valence-corrected chi connectivity index (χ1v) is 5.50. The lowest BCUT2D eigenvalue weighted by Gasteiger charge is -2.34. The Morgan fingerprint density at radius 1 is 1.38 bits per heavy atom. The van der Waals surface area contributed by atoms with Crippen LogP contribution in [0.4, 0.5) is 0 Å². The van der Waals surface area contributed by atoms with Gasteiger partial charge in [-0.1, -0.05) is 6.92 Å². The highest BCUT2D eigenvalue weighted by atomic mass is 16.7. The number of hydrogen-bond donors (Lipinski definition) is 1. The summed E-state index contributed by atoms with van der Waals surface area (Å²) in [6, 6.07) is -0.686. The SMILES string of the molecule is CCCC(=O)ON(C(=O)C(C)N)C(C)(C)C. The van der Waals surface area contributed by atoms with Gasteiger partial charge >= 0.3 is 5.97 Å². The monoisotopic (exact) mass is 230 g/mol. The molecule has 0 saturated heterocycles. The summed E-state index contributed by atoms with van der Waals surface area (Å²) >= 11 is 0. The minimum absolute atomic E-state index is 0.290. The Labute approximate surface area is 96.9 Å². The maximum Gasteiger partial charge on any atom is 0.332 e. The van der Waals surface area contributed by atoms with Crippen molar-refractivity contribution in [1.29, 1.82) is 0 Å². The molecule has 0 rings (SSSR count). The number of hydroxylamine groups is 2. The van der Waals surface area contributed by atoms with Crippen LogP contribution in [0.15, 0.2) is 0 Å². The second-order valence-electron chi connectivity index (χ2n) is 4.81. The summed E-state index contributed by atoms with van der Waals surface area (Å²) in [5.41, 5.74) is 4.91. The highest BCUT2D eigenvalue weighted by molar-refractivity contribution is 5.82. The number of amides is 1. The fourth-order valence-corrected chi connectivity index (χ4v) is 1.05. The number of carbonyl (C=O) groups is 2. The molecule has 0 fully saturated rings. The zero-order chi connectivity index (χ0) is 12.9. The van der Waals surface area contributed by atoms with E-state index in [1.807, 2.05) is 6.92 Å². The molecule has 0 aliphatic carbocycles. The van der Waals surface area contributed by atoms with Gasteiger partial charge in [0.1, 0.15) is 0 Å². The van der Waals surface area contributed by atoms with Crippen LogP contribution in [0.2, 0.25) is 0 Å². The molecule has 0 heterocycles. The van der Waals surface area contributed by atoms with Gasteiger partial charge in [0.05, 0.1) is 11.6 Å². The zero-order valence-electron chi connectivity index (χ0n) is 10.7. The van der Waals surface area contributed by atoms with E-state index >= 15 is 0 Å². The van der Waals surface area contributed by atoms with E-state index in [-0.39, 0.29) is 0 Å². The van der Waals surface area contributed by atoms with Gasteiger partial charge in [0.15, 0.2) is 0 Å². The van der Waals surface area contributed by atoms with Gasteiger partial charge in [-0.05, 0) is 34.1 Å². The molecule has 0 spiro atoms.